The predicted molar refractivity (Wildman–Crippen MR) is 94.2 cm³/mol. The molecule has 1 N–H and O–H groups in total. The summed E-state index contributed by atoms with van der Waals surface area (Å²) in [5, 5.41) is 6.43. The van der Waals surface area contributed by atoms with Crippen molar-refractivity contribution >= 4 is 22.5 Å². The van der Waals surface area contributed by atoms with E-state index in [1.807, 2.05) is 11.8 Å². The molecule has 112 valence electrons. The van der Waals surface area contributed by atoms with Crippen molar-refractivity contribution in [1.82, 2.24) is 5.32 Å². The van der Waals surface area contributed by atoms with Gasteiger partial charge in [0.15, 0.2) is 0 Å². The number of rotatable bonds is 5. The van der Waals surface area contributed by atoms with Crippen LogP contribution in [0.15, 0.2) is 47.4 Å². The van der Waals surface area contributed by atoms with Crippen LogP contribution < -0.4 is 5.32 Å². The third-order valence-electron chi connectivity index (χ3n) is 4.38. The van der Waals surface area contributed by atoms with Gasteiger partial charge in [0.2, 0.25) is 0 Å². The lowest BCUT2D eigenvalue weighted by Crippen LogP contribution is -2.30. The lowest BCUT2D eigenvalue weighted by molar-refractivity contribution is 0.474. The smallest absolute Gasteiger partial charge is 0.0106 e. The second-order valence-electron chi connectivity index (χ2n) is 6.00. The second kappa shape index (κ2) is 7.86. The average Bonchev–Trinajstić information content (AvgIpc) is 2.80. The molecule has 1 nitrogen and oxygen atoms in total. The van der Waals surface area contributed by atoms with E-state index in [0.717, 1.165) is 18.3 Å². The lowest BCUT2D eigenvalue weighted by Gasteiger charge is -2.15. The van der Waals surface area contributed by atoms with Crippen LogP contribution >= 0.6 is 11.8 Å². The van der Waals surface area contributed by atoms with Crippen LogP contribution in [0.2, 0.25) is 0 Å². The van der Waals surface area contributed by atoms with E-state index < -0.39 is 0 Å². The number of fused-ring (bicyclic) bond motifs is 1. The van der Waals surface area contributed by atoms with Crippen molar-refractivity contribution < 1.29 is 0 Å². The minimum absolute atomic E-state index is 0.768. The number of hydrogen-bond donors (Lipinski definition) is 1. The normalized spacial score (nSPS) is 17.0. The summed E-state index contributed by atoms with van der Waals surface area (Å²) in [5.41, 5.74) is 0. The maximum Gasteiger partial charge on any atom is 0.0106 e. The first-order chi connectivity index (χ1) is 10.4. The van der Waals surface area contributed by atoms with Crippen LogP contribution in [-0.4, -0.2) is 18.3 Å². The molecule has 2 heteroatoms. The Morgan fingerprint density at radius 1 is 0.905 bits per heavy atom. The van der Waals surface area contributed by atoms with Gasteiger partial charge >= 0.3 is 0 Å². The van der Waals surface area contributed by atoms with Crippen molar-refractivity contribution in [2.75, 3.05) is 12.3 Å². The molecular formula is C19H25NS. The van der Waals surface area contributed by atoms with E-state index >= 15 is 0 Å². The Balaban J connectivity index is 1.45. The van der Waals surface area contributed by atoms with Gasteiger partial charge in [-0.25, -0.2) is 0 Å². The lowest BCUT2D eigenvalue weighted by atomic mass is 10.1. The summed E-state index contributed by atoms with van der Waals surface area (Å²) in [4.78, 5) is 1.39. The van der Waals surface area contributed by atoms with E-state index in [9.17, 15) is 0 Å². The van der Waals surface area contributed by atoms with Gasteiger partial charge in [-0.05, 0) is 35.7 Å². The molecule has 3 rings (SSSR count). The average molecular weight is 299 g/mol. The summed E-state index contributed by atoms with van der Waals surface area (Å²) in [6.45, 7) is 1.13. The van der Waals surface area contributed by atoms with Gasteiger partial charge < -0.3 is 5.32 Å². The molecule has 0 unspecified atom stereocenters. The van der Waals surface area contributed by atoms with Crippen LogP contribution in [-0.2, 0) is 0 Å². The van der Waals surface area contributed by atoms with E-state index in [4.69, 9.17) is 0 Å². The second-order valence-corrected chi connectivity index (χ2v) is 7.17. The Bertz CT molecular complexity index is 558. The fourth-order valence-electron chi connectivity index (χ4n) is 3.17. The van der Waals surface area contributed by atoms with Crippen molar-refractivity contribution in [2.45, 2.75) is 49.5 Å². The summed E-state index contributed by atoms with van der Waals surface area (Å²) in [7, 11) is 0. The van der Waals surface area contributed by atoms with Crippen molar-refractivity contribution in [3.05, 3.63) is 42.5 Å². The highest BCUT2D eigenvalue weighted by Crippen LogP contribution is 2.23. The topological polar surface area (TPSA) is 12.0 Å². The highest BCUT2D eigenvalue weighted by molar-refractivity contribution is 7.99. The summed E-state index contributed by atoms with van der Waals surface area (Å²) in [6.07, 6.45) is 8.44. The summed E-state index contributed by atoms with van der Waals surface area (Å²) < 4.78 is 0. The Hall–Kier alpha value is -0.990. The molecule has 2 aromatic rings. The maximum atomic E-state index is 3.75. The molecule has 0 spiro atoms. The SMILES string of the molecule is c1ccc2cc(SCCNC3CCCCCC3)ccc2c1. The minimum atomic E-state index is 0.768. The van der Waals surface area contributed by atoms with Gasteiger partial charge in [-0.1, -0.05) is 56.0 Å². The molecule has 1 aliphatic carbocycles. The van der Waals surface area contributed by atoms with Gasteiger partial charge in [0.1, 0.15) is 0 Å². The van der Waals surface area contributed by atoms with Gasteiger partial charge in [0, 0.05) is 23.2 Å². The van der Waals surface area contributed by atoms with Gasteiger partial charge in [0.05, 0.1) is 0 Å². The number of nitrogens with one attached hydrogen (secondary N) is 1. The van der Waals surface area contributed by atoms with E-state index in [1.54, 1.807) is 0 Å². The molecule has 0 heterocycles. The molecule has 0 amide bonds. The maximum absolute atomic E-state index is 3.75. The van der Waals surface area contributed by atoms with E-state index in [2.05, 4.69) is 47.8 Å². The summed E-state index contributed by atoms with van der Waals surface area (Å²) >= 11 is 1.97. The fraction of sp³-hybridized carbons (Fsp3) is 0.474. The standard InChI is InChI=1S/C19H25NS/c1-2-4-10-18(9-3-1)20-13-14-21-19-12-11-16-7-5-6-8-17(16)15-19/h5-8,11-12,15,18,20H,1-4,9-10,13-14H2. The Morgan fingerprint density at radius 2 is 1.67 bits per heavy atom. The van der Waals surface area contributed by atoms with Crippen molar-refractivity contribution in [3.63, 3.8) is 0 Å². The minimum Gasteiger partial charge on any atom is -0.313 e. The summed E-state index contributed by atoms with van der Waals surface area (Å²) in [5.74, 6) is 1.16. The van der Waals surface area contributed by atoms with Crippen LogP contribution in [0.4, 0.5) is 0 Å². The van der Waals surface area contributed by atoms with Crippen LogP contribution in [0.25, 0.3) is 10.8 Å². The van der Waals surface area contributed by atoms with Gasteiger partial charge in [-0.2, -0.15) is 0 Å². The molecule has 1 fully saturated rings. The fourth-order valence-corrected chi connectivity index (χ4v) is 4.00. The monoisotopic (exact) mass is 299 g/mol. The Labute approximate surface area is 132 Å². The zero-order valence-electron chi connectivity index (χ0n) is 12.7. The van der Waals surface area contributed by atoms with Gasteiger partial charge in [0.25, 0.3) is 0 Å². The molecule has 0 bridgehead atoms. The predicted octanol–water partition coefficient (Wildman–Crippen LogP) is 5.24. The van der Waals surface area contributed by atoms with E-state index in [-0.39, 0.29) is 0 Å². The molecule has 0 radical (unpaired) electrons. The van der Waals surface area contributed by atoms with Gasteiger partial charge in [-0.15, -0.1) is 11.8 Å². The third-order valence-corrected chi connectivity index (χ3v) is 5.38. The molecular weight excluding hydrogens is 274 g/mol. The molecule has 21 heavy (non-hydrogen) atoms. The third kappa shape index (κ3) is 4.49. The van der Waals surface area contributed by atoms with Crippen molar-refractivity contribution in [3.8, 4) is 0 Å². The molecule has 0 aliphatic heterocycles. The molecule has 1 aliphatic rings. The number of thioether (sulfide) groups is 1. The van der Waals surface area contributed by atoms with Crippen molar-refractivity contribution in [2.24, 2.45) is 0 Å². The number of benzene rings is 2. The van der Waals surface area contributed by atoms with Crippen LogP contribution in [0.3, 0.4) is 0 Å². The Kier molecular flexibility index (Phi) is 5.59. The van der Waals surface area contributed by atoms with E-state index in [0.29, 0.717) is 0 Å². The van der Waals surface area contributed by atoms with Crippen LogP contribution in [0.5, 0.6) is 0 Å². The quantitative estimate of drug-likeness (QED) is 0.460. The highest BCUT2D eigenvalue weighted by Gasteiger charge is 2.10. The molecule has 1 saturated carbocycles. The molecule has 0 aromatic heterocycles. The zero-order valence-corrected chi connectivity index (χ0v) is 13.5. The number of hydrogen-bond acceptors (Lipinski definition) is 2. The molecule has 2 aromatic carbocycles. The first-order valence-electron chi connectivity index (χ1n) is 8.27. The first-order valence-corrected chi connectivity index (χ1v) is 9.25. The zero-order chi connectivity index (χ0) is 14.3. The van der Waals surface area contributed by atoms with E-state index in [1.165, 1.54) is 54.2 Å². The molecule has 0 saturated heterocycles. The van der Waals surface area contributed by atoms with Crippen molar-refractivity contribution in [1.29, 1.82) is 0 Å². The van der Waals surface area contributed by atoms with Crippen LogP contribution in [0.1, 0.15) is 38.5 Å². The largest absolute Gasteiger partial charge is 0.313 e. The summed E-state index contributed by atoms with van der Waals surface area (Å²) in [6, 6.07) is 16.2. The Morgan fingerprint density at radius 3 is 2.48 bits per heavy atom. The molecule has 0 atom stereocenters. The van der Waals surface area contributed by atoms with Crippen LogP contribution in [0, 0.1) is 0 Å². The first kappa shape index (κ1) is 14.9. The highest BCUT2D eigenvalue weighted by atomic mass is 32.2. The van der Waals surface area contributed by atoms with Gasteiger partial charge in [-0.3, -0.25) is 0 Å².